The van der Waals surface area contributed by atoms with Gasteiger partial charge >= 0.3 is 5.00 Å². The zero-order chi connectivity index (χ0) is 16.2. The molecule has 0 atom stereocenters. The van der Waals surface area contributed by atoms with Gasteiger partial charge in [-0.3, -0.25) is 14.9 Å². The molecule has 0 radical (unpaired) electrons. The summed E-state index contributed by atoms with van der Waals surface area (Å²) in [6.45, 7) is 0.183. The van der Waals surface area contributed by atoms with Gasteiger partial charge in [0.1, 0.15) is 0 Å². The summed E-state index contributed by atoms with van der Waals surface area (Å²) in [4.78, 5) is 22.5. The molecule has 1 aromatic carbocycles. The topological polar surface area (TPSA) is 103 Å². The van der Waals surface area contributed by atoms with Crippen molar-refractivity contribution in [2.45, 2.75) is 6.42 Å². The van der Waals surface area contributed by atoms with Crippen LogP contribution in [0.15, 0.2) is 35.4 Å². The summed E-state index contributed by atoms with van der Waals surface area (Å²) in [6, 6.07) is 8.23. The first-order chi connectivity index (χ1) is 11.1. The molecule has 0 spiro atoms. The molecule has 118 valence electrons. The molecule has 2 aromatic rings. The molecule has 1 aliphatic heterocycles. The molecule has 1 aliphatic rings. The number of hydrogen-bond acceptors (Lipinski definition) is 7. The third-order valence-electron chi connectivity index (χ3n) is 2.98. The van der Waals surface area contributed by atoms with E-state index in [-0.39, 0.29) is 24.1 Å². The fourth-order valence-electron chi connectivity index (χ4n) is 1.95. The minimum Gasteiger partial charge on any atom is -0.454 e. The van der Waals surface area contributed by atoms with Crippen molar-refractivity contribution in [2.75, 3.05) is 6.79 Å². The molecular formula is C14H11N3O5S. The first-order valence-electron chi connectivity index (χ1n) is 6.56. The van der Waals surface area contributed by atoms with Gasteiger partial charge in [-0.05, 0) is 23.8 Å². The smallest absolute Gasteiger partial charge is 0.324 e. The van der Waals surface area contributed by atoms with E-state index in [0.717, 1.165) is 16.9 Å². The lowest BCUT2D eigenvalue weighted by Gasteiger charge is -2.02. The van der Waals surface area contributed by atoms with Gasteiger partial charge < -0.3 is 9.47 Å². The Morgan fingerprint density at radius 1 is 1.35 bits per heavy atom. The third-order valence-corrected chi connectivity index (χ3v) is 3.95. The second kappa shape index (κ2) is 6.44. The average molecular weight is 333 g/mol. The standard InChI is InChI=1S/C14H11N3O5S/c18-13(6-9-1-3-11-12(5-9)22-8-21-11)16-15-7-10-2-4-14(23-10)17(19)20/h1-5,7H,6,8H2,(H,16,18)/b15-7-. The van der Waals surface area contributed by atoms with Gasteiger partial charge in [0, 0.05) is 6.07 Å². The minimum absolute atomic E-state index is 0.0261. The summed E-state index contributed by atoms with van der Waals surface area (Å²) >= 11 is 0.980. The minimum atomic E-state index is -0.472. The van der Waals surface area contributed by atoms with Gasteiger partial charge in [-0.25, -0.2) is 5.43 Å². The zero-order valence-corrected chi connectivity index (χ0v) is 12.5. The number of amides is 1. The van der Waals surface area contributed by atoms with E-state index in [1.54, 1.807) is 24.3 Å². The monoisotopic (exact) mass is 333 g/mol. The van der Waals surface area contributed by atoms with Crippen molar-refractivity contribution in [3.05, 3.63) is 50.9 Å². The second-order valence-electron chi connectivity index (χ2n) is 4.59. The molecule has 0 fully saturated rings. The largest absolute Gasteiger partial charge is 0.454 e. The fourth-order valence-corrected chi connectivity index (χ4v) is 2.65. The lowest BCUT2D eigenvalue weighted by Crippen LogP contribution is -2.19. The molecule has 8 nitrogen and oxygen atoms in total. The molecule has 0 saturated carbocycles. The van der Waals surface area contributed by atoms with Crippen LogP contribution in [-0.2, 0) is 11.2 Å². The van der Waals surface area contributed by atoms with E-state index in [0.29, 0.717) is 16.4 Å². The van der Waals surface area contributed by atoms with Crippen molar-refractivity contribution < 1.29 is 19.2 Å². The number of hydrazone groups is 1. The van der Waals surface area contributed by atoms with Crippen LogP contribution in [0.1, 0.15) is 10.4 Å². The molecule has 0 bridgehead atoms. The number of rotatable bonds is 5. The van der Waals surface area contributed by atoms with Gasteiger partial charge in [0.05, 0.1) is 22.4 Å². The van der Waals surface area contributed by atoms with Crippen LogP contribution in [-0.4, -0.2) is 23.8 Å². The van der Waals surface area contributed by atoms with Gasteiger partial charge in [-0.2, -0.15) is 5.10 Å². The molecule has 1 aromatic heterocycles. The highest BCUT2D eigenvalue weighted by atomic mass is 32.1. The van der Waals surface area contributed by atoms with Crippen LogP contribution in [0.2, 0.25) is 0 Å². The number of hydrogen-bond donors (Lipinski definition) is 1. The van der Waals surface area contributed by atoms with Gasteiger partial charge in [-0.15, -0.1) is 0 Å². The number of carbonyl (C=O) groups is 1. The van der Waals surface area contributed by atoms with Gasteiger partial charge in [0.2, 0.25) is 12.7 Å². The Morgan fingerprint density at radius 2 is 2.17 bits per heavy atom. The van der Waals surface area contributed by atoms with Crippen molar-refractivity contribution in [2.24, 2.45) is 5.10 Å². The second-order valence-corrected chi connectivity index (χ2v) is 5.68. The zero-order valence-electron chi connectivity index (χ0n) is 11.7. The Labute approximate surface area is 134 Å². The summed E-state index contributed by atoms with van der Waals surface area (Å²) in [5, 5.41) is 14.4. The highest BCUT2D eigenvalue weighted by Crippen LogP contribution is 2.32. The molecule has 3 rings (SSSR count). The highest BCUT2D eigenvalue weighted by Gasteiger charge is 2.14. The van der Waals surface area contributed by atoms with E-state index in [4.69, 9.17) is 9.47 Å². The molecular weight excluding hydrogens is 322 g/mol. The predicted octanol–water partition coefficient (Wildman–Crippen LogP) is 2.08. The van der Waals surface area contributed by atoms with E-state index >= 15 is 0 Å². The van der Waals surface area contributed by atoms with Crippen LogP contribution in [0.3, 0.4) is 0 Å². The van der Waals surface area contributed by atoms with Crippen molar-refractivity contribution >= 4 is 28.5 Å². The SMILES string of the molecule is O=C(Cc1ccc2c(c1)OCO2)N/N=C\c1ccc([N+](=O)[O-])s1. The summed E-state index contributed by atoms with van der Waals surface area (Å²) in [5.74, 6) is 0.974. The molecule has 0 unspecified atom stereocenters. The number of carbonyl (C=O) groups excluding carboxylic acids is 1. The first kappa shape index (κ1) is 15.0. The number of fused-ring (bicyclic) bond motifs is 1. The maximum atomic E-state index is 11.8. The normalized spacial score (nSPS) is 12.5. The van der Waals surface area contributed by atoms with E-state index < -0.39 is 4.92 Å². The van der Waals surface area contributed by atoms with Crippen LogP contribution in [0, 0.1) is 10.1 Å². The fraction of sp³-hybridized carbons (Fsp3) is 0.143. The first-order valence-corrected chi connectivity index (χ1v) is 7.38. The Balaban J connectivity index is 1.54. The number of ether oxygens (including phenoxy) is 2. The molecule has 0 aliphatic carbocycles. The van der Waals surface area contributed by atoms with Crippen LogP contribution in [0.5, 0.6) is 11.5 Å². The van der Waals surface area contributed by atoms with Crippen molar-refractivity contribution in [1.82, 2.24) is 5.43 Å². The van der Waals surface area contributed by atoms with Crippen LogP contribution in [0.25, 0.3) is 0 Å². The molecule has 0 saturated heterocycles. The van der Waals surface area contributed by atoms with Gasteiger partial charge in [0.15, 0.2) is 11.5 Å². The Morgan fingerprint density at radius 3 is 2.96 bits per heavy atom. The maximum absolute atomic E-state index is 11.8. The van der Waals surface area contributed by atoms with Crippen molar-refractivity contribution in [3.8, 4) is 11.5 Å². The van der Waals surface area contributed by atoms with Crippen molar-refractivity contribution in [1.29, 1.82) is 0 Å². The van der Waals surface area contributed by atoms with Crippen LogP contribution < -0.4 is 14.9 Å². The molecule has 23 heavy (non-hydrogen) atoms. The third kappa shape index (κ3) is 3.64. The van der Waals surface area contributed by atoms with Crippen molar-refractivity contribution in [3.63, 3.8) is 0 Å². The van der Waals surface area contributed by atoms with Gasteiger partial charge in [-0.1, -0.05) is 17.4 Å². The Bertz CT molecular complexity index is 786. The number of thiophene rings is 1. The number of nitro groups is 1. The Kier molecular flexibility index (Phi) is 4.20. The molecule has 2 heterocycles. The lowest BCUT2D eigenvalue weighted by atomic mass is 10.1. The highest BCUT2D eigenvalue weighted by molar-refractivity contribution is 7.16. The van der Waals surface area contributed by atoms with Crippen LogP contribution in [0.4, 0.5) is 5.00 Å². The van der Waals surface area contributed by atoms with Crippen LogP contribution >= 0.6 is 11.3 Å². The lowest BCUT2D eigenvalue weighted by molar-refractivity contribution is -0.380. The molecule has 1 amide bonds. The average Bonchev–Trinajstić information content (AvgIpc) is 3.15. The number of benzene rings is 1. The predicted molar refractivity (Wildman–Crippen MR) is 83.0 cm³/mol. The Hall–Kier alpha value is -2.94. The van der Waals surface area contributed by atoms with E-state index in [9.17, 15) is 14.9 Å². The maximum Gasteiger partial charge on any atom is 0.324 e. The van der Waals surface area contributed by atoms with E-state index in [1.165, 1.54) is 12.3 Å². The summed E-state index contributed by atoms with van der Waals surface area (Å²) in [7, 11) is 0. The summed E-state index contributed by atoms with van der Waals surface area (Å²) in [5.41, 5.74) is 3.15. The number of nitrogens with zero attached hydrogens (tertiary/aromatic N) is 2. The molecule has 1 N–H and O–H groups in total. The number of nitrogens with one attached hydrogen (secondary N) is 1. The quantitative estimate of drug-likeness (QED) is 0.512. The van der Waals surface area contributed by atoms with E-state index in [1.807, 2.05) is 0 Å². The van der Waals surface area contributed by atoms with E-state index in [2.05, 4.69) is 10.5 Å². The summed E-state index contributed by atoms with van der Waals surface area (Å²) in [6.07, 6.45) is 1.51. The van der Waals surface area contributed by atoms with Gasteiger partial charge in [0.25, 0.3) is 0 Å². The molecule has 9 heteroatoms. The summed E-state index contributed by atoms with van der Waals surface area (Å²) < 4.78 is 10.4.